The van der Waals surface area contributed by atoms with E-state index < -0.39 is 0 Å². The third kappa shape index (κ3) is 3.27. The van der Waals surface area contributed by atoms with E-state index in [0.717, 1.165) is 19.6 Å². The zero-order valence-corrected chi connectivity index (χ0v) is 9.25. The third-order valence-electron chi connectivity index (χ3n) is 2.67. The van der Waals surface area contributed by atoms with Crippen molar-refractivity contribution in [1.29, 1.82) is 0 Å². The van der Waals surface area contributed by atoms with Crippen molar-refractivity contribution in [2.75, 3.05) is 26.2 Å². The minimum absolute atomic E-state index is 0.194. The van der Waals surface area contributed by atoms with Crippen LogP contribution < -0.4 is 5.32 Å². The molecule has 1 fully saturated rings. The van der Waals surface area contributed by atoms with Gasteiger partial charge in [0, 0.05) is 38.6 Å². The maximum absolute atomic E-state index is 10.6. The quantitative estimate of drug-likeness (QED) is 0.662. The predicted octanol–water partition coefficient (Wildman–Crippen LogP) is 0.232. The van der Waals surface area contributed by atoms with Crippen LogP contribution in [0.1, 0.15) is 20.8 Å². The molecule has 2 atom stereocenters. The Morgan fingerprint density at radius 2 is 2.00 bits per heavy atom. The van der Waals surface area contributed by atoms with Crippen LogP contribution in [0.4, 0.5) is 0 Å². The van der Waals surface area contributed by atoms with Crippen LogP contribution >= 0.6 is 0 Å². The summed E-state index contributed by atoms with van der Waals surface area (Å²) in [6.45, 7) is 9.21. The topological polar surface area (TPSA) is 41.6 Å². The summed E-state index contributed by atoms with van der Waals surface area (Å²) in [5.74, 6) is -0.194. The average Bonchev–Trinajstić information content (AvgIpc) is 2.09. The van der Waals surface area contributed by atoms with E-state index in [4.69, 9.17) is 4.74 Å². The molecule has 0 aliphatic carbocycles. The van der Waals surface area contributed by atoms with Crippen molar-refractivity contribution >= 4 is 5.97 Å². The van der Waals surface area contributed by atoms with Crippen LogP contribution in [0.5, 0.6) is 0 Å². The van der Waals surface area contributed by atoms with E-state index >= 15 is 0 Å². The van der Waals surface area contributed by atoms with Crippen molar-refractivity contribution in [3.63, 3.8) is 0 Å². The Morgan fingerprint density at radius 3 is 2.50 bits per heavy atom. The number of hydrogen-bond acceptors (Lipinski definition) is 4. The molecule has 0 aromatic heterocycles. The first kappa shape index (κ1) is 11.5. The number of nitrogens with one attached hydrogen (secondary N) is 1. The Labute approximate surface area is 85.6 Å². The van der Waals surface area contributed by atoms with Crippen molar-refractivity contribution in [2.24, 2.45) is 0 Å². The second-order valence-corrected chi connectivity index (χ2v) is 3.93. The van der Waals surface area contributed by atoms with E-state index in [0.29, 0.717) is 18.7 Å². The van der Waals surface area contributed by atoms with E-state index in [2.05, 4.69) is 24.1 Å². The van der Waals surface area contributed by atoms with Gasteiger partial charge in [0.05, 0.1) is 0 Å². The summed E-state index contributed by atoms with van der Waals surface area (Å²) < 4.78 is 4.94. The Kier molecular flexibility index (Phi) is 4.35. The highest BCUT2D eigenvalue weighted by molar-refractivity contribution is 5.65. The Bertz CT molecular complexity index is 187. The van der Waals surface area contributed by atoms with Gasteiger partial charge < -0.3 is 10.1 Å². The molecule has 0 saturated carbocycles. The van der Waals surface area contributed by atoms with Crippen LogP contribution in [0.2, 0.25) is 0 Å². The molecule has 1 aliphatic rings. The number of esters is 1. The molecule has 14 heavy (non-hydrogen) atoms. The summed E-state index contributed by atoms with van der Waals surface area (Å²) in [6, 6.07) is 1.05. The number of hydrogen-bond donors (Lipinski definition) is 1. The van der Waals surface area contributed by atoms with Crippen LogP contribution in [-0.4, -0.2) is 49.2 Å². The maximum atomic E-state index is 10.6. The standard InChI is InChI=1S/C10H20N2O2/c1-8-6-11-7-9(2)12(8)4-5-14-10(3)13/h8-9,11H,4-7H2,1-3H3/t8-,9+. The SMILES string of the molecule is CC(=O)OCCN1[C@H](C)CNC[C@@H]1C. The fraction of sp³-hybridized carbons (Fsp3) is 0.900. The molecule has 0 unspecified atom stereocenters. The smallest absolute Gasteiger partial charge is 0.302 e. The van der Waals surface area contributed by atoms with E-state index in [-0.39, 0.29) is 5.97 Å². The van der Waals surface area contributed by atoms with E-state index in [1.54, 1.807) is 0 Å². The summed E-state index contributed by atoms with van der Waals surface area (Å²) in [5, 5.41) is 3.36. The molecule has 0 aromatic carbocycles. The van der Waals surface area contributed by atoms with Crippen LogP contribution in [0.25, 0.3) is 0 Å². The lowest BCUT2D eigenvalue weighted by atomic mass is 10.1. The van der Waals surface area contributed by atoms with Gasteiger partial charge in [-0.25, -0.2) is 0 Å². The lowest BCUT2D eigenvalue weighted by molar-refractivity contribution is -0.141. The van der Waals surface area contributed by atoms with Gasteiger partial charge in [0.2, 0.25) is 0 Å². The van der Waals surface area contributed by atoms with Gasteiger partial charge in [0.25, 0.3) is 0 Å². The molecule has 82 valence electrons. The highest BCUT2D eigenvalue weighted by Gasteiger charge is 2.23. The molecule has 4 heteroatoms. The molecule has 1 N–H and O–H groups in total. The normalized spacial score (nSPS) is 28.8. The van der Waals surface area contributed by atoms with Crippen molar-refractivity contribution in [1.82, 2.24) is 10.2 Å². The first-order valence-corrected chi connectivity index (χ1v) is 5.21. The summed E-state index contributed by atoms with van der Waals surface area (Å²) in [7, 11) is 0. The number of carbonyl (C=O) groups excluding carboxylic acids is 1. The molecule has 1 rings (SSSR count). The Morgan fingerprint density at radius 1 is 1.43 bits per heavy atom. The van der Waals surface area contributed by atoms with Crippen molar-refractivity contribution < 1.29 is 9.53 Å². The summed E-state index contributed by atoms with van der Waals surface area (Å²) in [5.41, 5.74) is 0. The summed E-state index contributed by atoms with van der Waals surface area (Å²) >= 11 is 0. The molecule has 1 heterocycles. The summed E-state index contributed by atoms with van der Waals surface area (Å²) in [6.07, 6.45) is 0. The van der Waals surface area contributed by atoms with Gasteiger partial charge in [-0.3, -0.25) is 9.69 Å². The largest absolute Gasteiger partial charge is 0.465 e. The molecule has 0 bridgehead atoms. The zero-order valence-electron chi connectivity index (χ0n) is 9.25. The van der Waals surface area contributed by atoms with E-state index in [1.807, 2.05) is 0 Å². The molecule has 0 spiro atoms. The minimum atomic E-state index is -0.194. The minimum Gasteiger partial charge on any atom is -0.465 e. The fourth-order valence-corrected chi connectivity index (χ4v) is 1.91. The lowest BCUT2D eigenvalue weighted by Gasteiger charge is -2.39. The number of nitrogens with zero attached hydrogens (tertiary/aromatic N) is 1. The maximum Gasteiger partial charge on any atom is 0.302 e. The molecular weight excluding hydrogens is 180 g/mol. The van der Waals surface area contributed by atoms with Crippen LogP contribution in [-0.2, 0) is 9.53 Å². The molecule has 0 radical (unpaired) electrons. The highest BCUT2D eigenvalue weighted by Crippen LogP contribution is 2.08. The van der Waals surface area contributed by atoms with Gasteiger partial charge >= 0.3 is 5.97 Å². The summed E-state index contributed by atoms with van der Waals surface area (Å²) in [4.78, 5) is 13.0. The van der Waals surface area contributed by atoms with Gasteiger partial charge in [0.1, 0.15) is 6.61 Å². The molecular formula is C10H20N2O2. The third-order valence-corrected chi connectivity index (χ3v) is 2.67. The number of carbonyl (C=O) groups is 1. The van der Waals surface area contributed by atoms with Crippen LogP contribution in [0.15, 0.2) is 0 Å². The zero-order chi connectivity index (χ0) is 10.6. The highest BCUT2D eigenvalue weighted by atomic mass is 16.5. The predicted molar refractivity (Wildman–Crippen MR) is 55.1 cm³/mol. The van der Waals surface area contributed by atoms with Gasteiger partial charge in [-0.1, -0.05) is 0 Å². The van der Waals surface area contributed by atoms with Crippen molar-refractivity contribution in [2.45, 2.75) is 32.9 Å². The first-order chi connectivity index (χ1) is 6.61. The number of ether oxygens (including phenoxy) is 1. The monoisotopic (exact) mass is 200 g/mol. The molecule has 0 amide bonds. The van der Waals surface area contributed by atoms with Crippen LogP contribution in [0.3, 0.4) is 0 Å². The number of rotatable bonds is 3. The fourth-order valence-electron chi connectivity index (χ4n) is 1.91. The lowest BCUT2D eigenvalue weighted by Crippen LogP contribution is -2.55. The van der Waals surface area contributed by atoms with Gasteiger partial charge in [-0.05, 0) is 13.8 Å². The molecule has 4 nitrogen and oxygen atoms in total. The number of piperazine rings is 1. The first-order valence-electron chi connectivity index (χ1n) is 5.21. The molecule has 1 aliphatic heterocycles. The second-order valence-electron chi connectivity index (χ2n) is 3.93. The van der Waals surface area contributed by atoms with Crippen LogP contribution in [0, 0.1) is 0 Å². The van der Waals surface area contributed by atoms with Gasteiger partial charge in [0.15, 0.2) is 0 Å². The average molecular weight is 200 g/mol. The van der Waals surface area contributed by atoms with E-state index in [1.165, 1.54) is 6.92 Å². The van der Waals surface area contributed by atoms with Gasteiger partial charge in [-0.15, -0.1) is 0 Å². The second kappa shape index (κ2) is 5.32. The van der Waals surface area contributed by atoms with E-state index in [9.17, 15) is 4.79 Å². The van der Waals surface area contributed by atoms with Crippen molar-refractivity contribution in [3.05, 3.63) is 0 Å². The Hall–Kier alpha value is -0.610. The molecule has 1 saturated heterocycles. The van der Waals surface area contributed by atoms with Crippen molar-refractivity contribution in [3.8, 4) is 0 Å². The van der Waals surface area contributed by atoms with Gasteiger partial charge in [-0.2, -0.15) is 0 Å². The molecule has 0 aromatic rings. The Balaban J connectivity index is 2.29.